The zero-order valence-electron chi connectivity index (χ0n) is 11.3. The molecule has 0 radical (unpaired) electrons. The highest BCUT2D eigenvalue weighted by atomic mass is 16.5. The third-order valence-electron chi connectivity index (χ3n) is 2.99. The van der Waals surface area contributed by atoms with Crippen molar-refractivity contribution in [2.45, 2.75) is 26.8 Å². The molecule has 0 fully saturated rings. The van der Waals surface area contributed by atoms with E-state index in [1.807, 2.05) is 13.8 Å². The molecular weight excluding hydrogens is 248 g/mol. The van der Waals surface area contributed by atoms with E-state index in [1.54, 1.807) is 7.11 Å². The zero-order chi connectivity index (χ0) is 14.0. The van der Waals surface area contributed by atoms with Crippen LogP contribution >= 0.6 is 0 Å². The van der Waals surface area contributed by atoms with Crippen molar-refractivity contribution in [3.8, 4) is 0 Å². The molecule has 2 heterocycles. The lowest BCUT2D eigenvalue weighted by atomic mass is 10.1. The summed E-state index contributed by atoms with van der Waals surface area (Å²) in [7, 11) is 1.65. The number of imidazole rings is 1. The van der Waals surface area contributed by atoms with Gasteiger partial charge >= 0.3 is 5.69 Å². The summed E-state index contributed by atoms with van der Waals surface area (Å²) in [6.45, 7) is 4.95. The molecular formula is C12H18N4O3. The van der Waals surface area contributed by atoms with E-state index in [2.05, 4.69) is 15.0 Å². The van der Waals surface area contributed by atoms with Gasteiger partial charge in [0.15, 0.2) is 5.65 Å². The van der Waals surface area contributed by atoms with Gasteiger partial charge in [-0.15, -0.1) is 0 Å². The first-order chi connectivity index (χ1) is 9.06. The van der Waals surface area contributed by atoms with Crippen LogP contribution < -0.4 is 11.2 Å². The number of nitrogens with one attached hydrogen (secondary N) is 2. The summed E-state index contributed by atoms with van der Waals surface area (Å²) in [6, 6.07) is 0. The van der Waals surface area contributed by atoms with Gasteiger partial charge < -0.3 is 9.72 Å². The standard InChI is InChI=1S/C12H18N4O3/c1-4-16-10-9(11(17)15-12(16)18)13-8(14-10)5-7(2)6-19-3/h7H,4-6H2,1-3H3,(H,13,14)(H,15,17,18). The first-order valence-electron chi connectivity index (χ1n) is 6.27. The number of methoxy groups -OCH3 is 1. The molecule has 0 bridgehead atoms. The highest BCUT2D eigenvalue weighted by Gasteiger charge is 2.13. The number of aromatic nitrogens is 4. The molecule has 2 N–H and O–H groups in total. The maximum absolute atomic E-state index is 11.7. The molecule has 2 aromatic heterocycles. The fraction of sp³-hybridized carbons (Fsp3) is 0.583. The highest BCUT2D eigenvalue weighted by Crippen LogP contribution is 2.09. The molecule has 0 saturated heterocycles. The Morgan fingerprint density at radius 1 is 1.37 bits per heavy atom. The summed E-state index contributed by atoms with van der Waals surface area (Å²) in [6.07, 6.45) is 0.667. The molecule has 0 aliphatic rings. The average Bonchev–Trinajstić information content (AvgIpc) is 2.73. The van der Waals surface area contributed by atoms with Crippen LogP contribution in [0.5, 0.6) is 0 Å². The van der Waals surface area contributed by atoms with Crippen molar-refractivity contribution in [1.82, 2.24) is 19.5 Å². The predicted octanol–water partition coefficient (Wildman–Crippen LogP) is 0.258. The molecule has 0 saturated carbocycles. The molecule has 2 rings (SSSR count). The fourth-order valence-corrected chi connectivity index (χ4v) is 2.15. The van der Waals surface area contributed by atoms with E-state index in [4.69, 9.17) is 4.74 Å². The molecule has 104 valence electrons. The molecule has 2 aromatic rings. The molecule has 19 heavy (non-hydrogen) atoms. The van der Waals surface area contributed by atoms with Crippen molar-refractivity contribution in [3.05, 3.63) is 26.7 Å². The topological polar surface area (TPSA) is 92.8 Å². The molecule has 7 nitrogen and oxygen atoms in total. The van der Waals surface area contributed by atoms with E-state index >= 15 is 0 Å². The van der Waals surface area contributed by atoms with Crippen LogP contribution in [0.15, 0.2) is 9.59 Å². The summed E-state index contributed by atoms with van der Waals surface area (Å²) >= 11 is 0. The maximum Gasteiger partial charge on any atom is 0.330 e. The van der Waals surface area contributed by atoms with Crippen molar-refractivity contribution >= 4 is 11.2 Å². The third-order valence-corrected chi connectivity index (χ3v) is 2.99. The van der Waals surface area contributed by atoms with Gasteiger partial charge in [0.2, 0.25) is 0 Å². The van der Waals surface area contributed by atoms with E-state index in [-0.39, 0.29) is 5.92 Å². The van der Waals surface area contributed by atoms with E-state index in [0.717, 1.165) is 0 Å². The van der Waals surface area contributed by atoms with Crippen molar-refractivity contribution in [3.63, 3.8) is 0 Å². The van der Waals surface area contributed by atoms with Gasteiger partial charge in [0.1, 0.15) is 11.3 Å². The van der Waals surface area contributed by atoms with E-state index in [1.165, 1.54) is 4.57 Å². The molecule has 0 spiro atoms. The first-order valence-corrected chi connectivity index (χ1v) is 6.27. The van der Waals surface area contributed by atoms with Crippen LogP contribution in [-0.4, -0.2) is 33.2 Å². The van der Waals surface area contributed by atoms with E-state index < -0.39 is 11.2 Å². The minimum absolute atomic E-state index is 0.284. The monoisotopic (exact) mass is 266 g/mol. The van der Waals surface area contributed by atoms with Crippen molar-refractivity contribution in [2.24, 2.45) is 5.92 Å². The van der Waals surface area contributed by atoms with Gasteiger partial charge in [-0.05, 0) is 12.8 Å². The molecule has 0 aliphatic carbocycles. The molecule has 1 unspecified atom stereocenters. The van der Waals surface area contributed by atoms with E-state index in [0.29, 0.717) is 36.6 Å². The lowest BCUT2D eigenvalue weighted by Gasteiger charge is -2.06. The Bertz CT molecular complexity index is 682. The Morgan fingerprint density at radius 3 is 2.74 bits per heavy atom. The van der Waals surface area contributed by atoms with Crippen LogP contribution in [0.3, 0.4) is 0 Å². The second-order valence-electron chi connectivity index (χ2n) is 4.65. The second kappa shape index (κ2) is 5.40. The van der Waals surface area contributed by atoms with Gasteiger partial charge in [0.05, 0.1) is 0 Å². The summed E-state index contributed by atoms with van der Waals surface area (Å²) in [5.41, 5.74) is -0.0947. The number of hydrogen-bond acceptors (Lipinski definition) is 4. The number of rotatable bonds is 5. The van der Waals surface area contributed by atoms with Gasteiger partial charge in [0, 0.05) is 26.7 Å². The minimum atomic E-state index is -0.428. The molecule has 0 amide bonds. The Hall–Kier alpha value is -1.89. The van der Waals surface area contributed by atoms with Gasteiger partial charge in [-0.1, -0.05) is 6.92 Å². The lowest BCUT2D eigenvalue weighted by Crippen LogP contribution is -2.29. The number of aromatic amines is 2. The van der Waals surface area contributed by atoms with Crippen LogP contribution in [0.25, 0.3) is 11.2 Å². The molecule has 0 aromatic carbocycles. The molecule has 1 atom stereocenters. The number of fused-ring (bicyclic) bond motifs is 1. The fourth-order valence-electron chi connectivity index (χ4n) is 2.15. The molecule has 7 heteroatoms. The van der Waals surface area contributed by atoms with Crippen LogP contribution in [0.1, 0.15) is 19.7 Å². The number of aryl methyl sites for hydroxylation is 1. The van der Waals surface area contributed by atoms with Crippen LogP contribution in [0, 0.1) is 5.92 Å². The van der Waals surface area contributed by atoms with Gasteiger partial charge in [-0.3, -0.25) is 14.3 Å². The van der Waals surface area contributed by atoms with Crippen molar-refractivity contribution in [1.29, 1.82) is 0 Å². The smallest absolute Gasteiger partial charge is 0.330 e. The number of ether oxygens (including phenoxy) is 1. The third kappa shape index (κ3) is 2.60. The minimum Gasteiger partial charge on any atom is -0.384 e. The van der Waals surface area contributed by atoms with Gasteiger partial charge in [-0.25, -0.2) is 9.78 Å². The zero-order valence-corrected chi connectivity index (χ0v) is 11.3. The summed E-state index contributed by atoms with van der Waals surface area (Å²) in [5, 5.41) is 0. The van der Waals surface area contributed by atoms with Crippen LogP contribution in [-0.2, 0) is 17.7 Å². The van der Waals surface area contributed by atoms with Crippen molar-refractivity contribution < 1.29 is 4.74 Å². The average molecular weight is 266 g/mol. The number of hydrogen-bond donors (Lipinski definition) is 2. The lowest BCUT2D eigenvalue weighted by molar-refractivity contribution is 0.159. The Balaban J connectivity index is 2.48. The quantitative estimate of drug-likeness (QED) is 0.811. The van der Waals surface area contributed by atoms with Gasteiger partial charge in [-0.2, -0.15) is 0 Å². The summed E-state index contributed by atoms with van der Waals surface area (Å²) in [4.78, 5) is 33.0. The Labute approximate surface area is 109 Å². The first kappa shape index (κ1) is 13.5. The molecule has 0 aliphatic heterocycles. The SMILES string of the molecule is CCn1c(=O)[nH]c(=O)c2[nH]c(CC(C)COC)nc21. The number of nitrogens with zero attached hydrogens (tertiary/aromatic N) is 2. The van der Waals surface area contributed by atoms with Crippen LogP contribution in [0.2, 0.25) is 0 Å². The Kier molecular flexibility index (Phi) is 3.84. The summed E-state index contributed by atoms with van der Waals surface area (Å²) < 4.78 is 6.52. The maximum atomic E-state index is 11.7. The normalized spacial score (nSPS) is 13.0. The van der Waals surface area contributed by atoms with Crippen molar-refractivity contribution in [2.75, 3.05) is 13.7 Å². The largest absolute Gasteiger partial charge is 0.384 e. The number of H-pyrrole nitrogens is 2. The highest BCUT2D eigenvalue weighted by molar-refractivity contribution is 5.69. The second-order valence-corrected chi connectivity index (χ2v) is 4.65. The Morgan fingerprint density at radius 2 is 2.11 bits per heavy atom. The van der Waals surface area contributed by atoms with E-state index in [9.17, 15) is 9.59 Å². The van der Waals surface area contributed by atoms with Gasteiger partial charge in [0.25, 0.3) is 5.56 Å². The van der Waals surface area contributed by atoms with Crippen LogP contribution in [0.4, 0.5) is 0 Å². The predicted molar refractivity (Wildman–Crippen MR) is 71.4 cm³/mol. The summed E-state index contributed by atoms with van der Waals surface area (Å²) in [5.74, 6) is 0.976.